The summed E-state index contributed by atoms with van der Waals surface area (Å²) in [6.45, 7) is 3.37. The van der Waals surface area contributed by atoms with Crippen LogP contribution in [0.3, 0.4) is 0 Å². The average molecular weight is 572 g/mol. The highest BCUT2D eigenvalue weighted by atomic mass is 16.6. The zero-order valence-corrected chi connectivity index (χ0v) is 21.8. The summed E-state index contributed by atoms with van der Waals surface area (Å²) in [5.41, 5.74) is 0.629. The van der Waals surface area contributed by atoms with Crippen molar-refractivity contribution in [2.45, 2.75) is 13.8 Å². The Labute approximate surface area is 232 Å². The second-order valence-corrected chi connectivity index (χ2v) is 9.36. The van der Waals surface area contributed by atoms with E-state index < -0.39 is 42.4 Å². The molecule has 0 aliphatic carbocycles. The first kappa shape index (κ1) is 27.3. The molecule has 16 heteroatoms. The number of nitro groups is 4. The fraction of sp³-hybridized carbons (Fsp3) is 0.0769. The highest BCUT2D eigenvalue weighted by Gasteiger charge is 2.22. The van der Waals surface area contributed by atoms with Crippen LogP contribution in [0, 0.1) is 54.3 Å². The van der Waals surface area contributed by atoms with Crippen LogP contribution in [0.2, 0.25) is 0 Å². The number of nitrogens with one attached hydrogen (secondary N) is 4. The van der Waals surface area contributed by atoms with Crippen LogP contribution in [0.4, 0.5) is 22.7 Å². The van der Waals surface area contributed by atoms with Gasteiger partial charge in [-0.3, -0.25) is 40.5 Å². The largest absolute Gasteiger partial charge is 0.350 e. The van der Waals surface area contributed by atoms with Crippen LogP contribution >= 0.6 is 0 Å². The van der Waals surface area contributed by atoms with Crippen molar-refractivity contribution in [3.63, 3.8) is 0 Å². The predicted molar refractivity (Wildman–Crippen MR) is 154 cm³/mol. The Bertz CT molecular complexity index is 2010. The molecule has 0 amide bonds. The second-order valence-electron chi connectivity index (χ2n) is 9.36. The van der Waals surface area contributed by atoms with E-state index in [4.69, 9.17) is 0 Å². The highest BCUT2D eigenvalue weighted by Crippen LogP contribution is 2.31. The number of nitrogens with zero attached hydrogens (tertiary/aromatic N) is 4. The second kappa shape index (κ2) is 10.3. The number of nitro benzene ring substituents is 4. The summed E-state index contributed by atoms with van der Waals surface area (Å²) in [6.07, 6.45) is 0. The molecule has 0 fully saturated rings. The Morgan fingerprint density at radius 1 is 0.429 bits per heavy atom. The first-order chi connectivity index (χ1) is 19.9. The van der Waals surface area contributed by atoms with Gasteiger partial charge >= 0.3 is 0 Å². The molecule has 0 aliphatic heterocycles. The molecule has 212 valence electrons. The molecule has 4 aromatic heterocycles. The molecule has 42 heavy (non-hydrogen) atoms. The quantitative estimate of drug-likeness (QED) is 0.134. The summed E-state index contributed by atoms with van der Waals surface area (Å²) < 4.78 is 0. The van der Waals surface area contributed by atoms with Crippen molar-refractivity contribution in [2.24, 2.45) is 0 Å². The van der Waals surface area contributed by atoms with Crippen LogP contribution in [0.15, 0.2) is 60.7 Å². The normalized spacial score (nSPS) is 10.9. The van der Waals surface area contributed by atoms with Crippen molar-refractivity contribution in [1.29, 1.82) is 0 Å². The number of hydrogen-bond donors (Lipinski definition) is 4. The Morgan fingerprint density at radius 3 is 1.02 bits per heavy atom. The van der Waals surface area contributed by atoms with Gasteiger partial charge in [0.2, 0.25) is 0 Å². The van der Waals surface area contributed by atoms with Gasteiger partial charge < -0.3 is 19.9 Å². The Morgan fingerprint density at radius 2 is 0.738 bits per heavy atom. The van der Waals surface area contributed by atoms with Crippen LogP contribution in [-0.4, -0.2) is 39.6 Å². The molecule has 0 unspecified atom stereocenters. The monoisotopic (exact) mass is 572 g/mol. The highest BCUT2D eigenvalue weighted by molar-refractivity contribution is 5.84. The molecule has 0 saturated heterocycles. The molecule has 16 nitrogen and oxygen atoms in total. The standard InChI is InChI=1S/C26H20N8O8/c1-13-7-15-3-5-17(13)29-21-10-22(26(34(41)42)12-25(21)33(39)40)30-18-6-4-16(8-14(18)2)28-20-9-19(27-15)23(31(35)36)11-24(20)32(37)38/h3-12,27-30H,1-2H3. The molecule has 8 aromatic rings. The van der Waals surface area contributed by atoms with Gasteiger partial charge in [-0.25, -0.2) is 0 Å². The minimum atomic E-state index is -0.732. The Kier molecular flexibility index (Phi) is 6.71. The number of aryl methyl sites for hydroxylation is 2. The van der Waals surface area contributed by atoms with Crippen molar-refractivity contribution in [1.82, 2.24) is 19.9 Å². The van der Waals surface area contributed by atoms with Gasteiger partial charge in [-0.2, -0.15) is 0 Å². The topological polar surface area (TPSA) is 236 Å². The third-order valence-electron chi connectivity index (χ3n) is 6.56. The minimum Gasteiger partial charge on any atom is -0.350 e. The molecule has 4 heterocycles. The van der Waals surface area contributed by atoms with E-state index in [0.717, 1.165) is 12.1 Å². The van der Waals surface area contributed by atoms with Crippen LogP contribution in [0.1, 0.15) is 11.1 Å². The molecule has 8 rings (SSSR count). The van der Waals surface area contributed by atoms with Gasteiger partial charge in [-0.15, -0.1) is 0 Å². The lowest BCUT2D eigenvalue weighted by Crippen LogP contribution is -1.97. The van der Waals surface area contributed by atoms with E-state index in [9.17, 15) is 40.5 Å². The van der Waals surface area contributed by atoms with Gasteiger partial charge in [0, 0.05) is 22.1 Å². The SMILES string of the molecule is Cc1cc2ccc1[nH]c1cc([nH]c3ccc(cc3C)[nH]c3cc([nH]2)c([N+](=O)[O-])cc3[N+](=O)[O-])c([N+](=O)[O-])cc1[N+](=O)[O-]. The fourth-order valence-corrected chi connectivity index (χ4v) is 4.52. The molecule has 0 saturated carbocycles. The Hall–Kier alpha value is -6.32. The van der Waals surface area contributed by atoms with E-state index in [2.05, 4.69) is 19.9 Å². The van der Waals surface area contributed by atoms with E-state index >= 15 is 0 Å². The number of aromatic amines is 4. The van der Waals surface area contributed by atoms with Crippen molar-refractivity contribution >= 4 is 66.9 Å². The zero-order chi connectivity index (χ0) is 30.3. The maximum absolute atomic E-state index is 11.9. The lowest BCUT2D eigenvalue weighted by molar-refractivity contribution is -0.392. The molecular weight excluding hydrogens is 552 g/mol. The summed E-state index contributed by atoms with van der Waals surface area (Å²) in [5.74, 6) is 0. The van der Waals surface area contributed by atoms with Gasteiger partial charge in [0.15, 0.2) is 0 Å². The van der Waals surface area contributed by atoms with Crippen LogP contribution in [0.25, 0.3) is 44.1 Å². The smallest absolute Gasteiger partial charge is 0.299 e. The summed E-state index contributed by atoms with van der Waals surface area (Å²) in [6, 6.07) is 13.7. The molecule has 4 aromatic carbocycles. The Balaban J connectivity index is 2.04. The van der Waals surface area contributed by atoms with Crippen molar-refractivity contribution in [3.05, 3.63) is 112 Å². The van der Waals surface area contributed by atoms with Gasteiger partial charge in [-0.1, -0.05) is 0 Å². The van der Waals surface area contributed by atoms with Crippen LogP contribution in [0.5, 0.6) is 0 Å². The summed E-state index contributed by atoms with van der Waals surface area (Å²) in [5, 5.41) is 47.4. The predicted octanol–water partition coefficient (Wildman–Crippen LogP) is 6.67. The van der Waals surface area contributed by atoms with Crippen LogP contribution < -0.4 is 0 Å². The van der Waals surface area contributed by atoms with E-state index in [0.29, 0.717) is 33.2 Å². The number of hydrogen-bond acceptors (Lipinski definition) is 8. The zero-order valence-electron chi connectivity index (χ0n) is 21.8. The van der Waals surface area contributed by atoms with E-state index in [1.165, 1.54) is 12.1 Å². The lowest BCUT2D eigenvalue weighted by atomic mass is 10.2. The van der Waals surface area contributed by atoms with Crippen molar-refractivity contribution < 1.29 is 19.7 Å². The summed E-state index contributed by atoms with van der Waals surface area (Å²) >= 11 is 0. The molecule has 4 N–H and O–H groups in total. The fourth-order valence-electron chi connectivity index (χ4n) is 4.52. The molecular formula is C26H20N8O8. The number of H-pyrrole nitrogens is 4. The third kappa shape index (κ3) is 5.14. The molecule has 0 aliphatic rings. The van der Waals surface area contributed by atoms with E-state index in [-0.39, 0.29) is 22.1 Å². The van der Waals surface area contributed by atoms with Crippen LogP contribution in [-0.2, 0) is 0 Å². The van der Waals surface area contributed by atoms with Gasteiger partial charge in [-0.05, 0) is 73.5 Å². The average Bonchev–Trinajstić information content (AvgIpc) is 2.90. The van der Waals surface area contributed by atoms with Gasteiger partial charge in [0.25, 0.3) is 22.7 Å². The van der Waals surface area contributed by atoms with Gasteiger partial charge in [0.1, 0.15) is 22.1 Å². The maximum atomic E-state index is 11.9. The maximum Gasteiger partial charge on any atom is 0.299 e. The first-order valence-electron chi connectivity index (χ1n) is 12.1. The van der Waals surface area contributed by atoms with Crippen molar-refractivity contribution in [2.75, 3.05) is 0 Å². The minimum absolute atomic E-state index is 0.00962. The summed E-state index contributed by atoms with van der Waals surface area (Å²) in [7, 11) is 0. The summed E-state index contributed by atoms with van der Waals surface area (Å²) in [4.78, 5) is 56.2. The molecule has 8 bridgehead atoms. The van der Waals surface area contributed by atoms with Crippen molar-refractivity contribution in [3.8, 4) is 0 Å². The molecule has 0 spiro atoms. The molecule has 0 atom stereocenters. The number of aromatic nitrogens is 4. The lowest BCUT2D eigenvalue weighted by Gasteiger charge is -2.04. The van der Waals surface area contributed by atoms with Gasteiger partial charge in [0.05, 0.1) is 31.8 Å². The third-order valence-corrected chi connectivity index (χ3v) is 6.56. The van der Waals surface area contributed by atoms with E-state index in [1.807, 2.05) is 0 Å². The number of non-ortho nitro benzene ring substituents is 4. The van der Waals surface area contributed by atoms with E-state index in [1.54, 1.807) is 50.2 Å². The first-order valence-corrected chi connectivity index (χ1v) is 12.1. The number of rotatable bonds is 4. The number of benzene rings is 4. The molecule has 0 radical (unpaired) electrons.